The smallest absolute Gasteiger partial charge is 0.358 e. The minimum absolute atomic E-state index is 0.0544. The number of hydrogen-bond donors (Lipinski definition) is 1. The van der Waals surface area contributed by atoms with Crippen LogP contribution in [0.1, 0.15) is 35.0 Å². The van der Waals surface area contributed by atoms with Gasteiger partial charge in [-0.25, -0.2) is 0 Å². The number of nitro groups is 1. The molecule has 128 valence electrons. The molecule has 2 aromatic heterocycles. The lowest BCUT2D eigenvalue weighted by atomic mass is 10.1. The van der Waals surface area contributed by atoms with E-state index in [1.165, 1.54) is 16.9 Å². The molecule has 0 saturated carbocycles. The zero-order valence-electron chi connectivity index (χ0n) is 13.2. The summed E-state index contributed by atoms with van der Waals surface area (Å²) in [6.45, 7) is 1.90. The molecule has 0 aliphatic carbocycles. The van der Waals surface area contributed by atoms with Crippen LogP contribution in [-0.2, 0) is 6.54 Å². The summed E-state index contributed by atoms with van der Waals surface area (Å²) >= 11 is 0. The molecule has 0 bridgehead atoms. The van der Waals surface area contributed by atoms with Crippen LogP contribution in [-0.4, -0.2) is 30.8 Å². The van der Waals surface area contributed by atoms with Crippen LogP contribution >= 0.6 is 0 Å². The molecular weight excluding hydrogens is 328 g/mol. The van der Waals surface area contributed by atoms with Crippen LogP contribution in [0.4, 0.5) is 5.82 Å². The highest BCUT2D eigenvalue weighted by Crippen LogP contribution is 2.12. The molecule has 3 aromatic rings. The predicted octanol–water partition coefficient (Wildman–Crippen LogP) is 1.71. The van der Waals surface area contributed by atoms with Gasteiger partial charge in [0, 0.05) is 0 Å². The number of carbonyl (C=O) groups excluding carboxylic acids is 1. The van der Waals surface area contributed by atoms with Crippen molar-refractivity contribution in [2.24, 2.45) is 0 Å². The summed E-state index contributed by atoms with van der Waals surface area (Å²) < 4.78 is 6.23. The van der Waals surface area contributed by atoms with E-state index in [1.807, 2.05) is 37.3 Å². The lowest BCUT2D eigenvalue weighted by Gasteiger charge is -2.12. The van der Waals surface area contributed by atoms with E-state index < -0.39 is 10.8 Å². The first-order valence-corrected chi connectivity index (χ1v) is 7.39. The van der Waals surface area contributed by atoms with Gasteiger partial charge >= 0.3 is 17.6 Å². The zero-order chi connectivity index (χ0) is 17.8. The molecule has 10 nitrogen and oxygen atoms in total. The lowest BCUT2D eigenvalue weighted by molar-refractivity contribution is -0.389. The minimum Gasteiger partial charge on any atom is -0.358 e. The second-order valence-electron chi connectivity index (χ2n) is 5.25. The van der Waals surface area contributed by atoms with Gasteiger partial charge in [-0.05, 0) is 17.4 Å². The molecule has 0 aliphatic rings. The Kier molecular flexibility index (Phi) is 4.50. The number of benzene rings is 1. The Hall–Kier alpha value is -3.56. The van der Waals surface area contributed by atoms with E-state index in [0.29, 0.717) is 0 Å². The van der Waals surface area contributed by atoms with Crippen molar-refractivity contribution in [1.82, 2.24) is 25.2 Å². The van der Waals surface area contributed by atoms with Gasteiger partial charge in [-0.3, -0.25) is 4.79 Å². The molecular formula is C15H14N6O4. The Morgan fingerprint density at radius 2 is 2.12 bits per heavy atom. The molecule has 25 heavy (non-hydrogen) atoms. The van der Waals surface area contributed by atoms with E-state index in [-0.39, 0.29) is 30.1 Å². The van der Waals surface area contributed by atoms with E-state index >= 15 is 0 Å². The normalized spacial score (nSPS) is 11.9. The van der Waals surface area contributed by atoms with Gasteiger partial charge in [0.1, 0.15) is 6.54 Å². The number of hydrogen-bond acceptors (Lipinski definition) is 7. The lowest BCUT2D eigenvalue weighted by Crippen LogP contribution is -2.26. The molecule has 0 saturated heterocycles. The number of carbonyl (C=O) groups is 1. The molecule has 0 radical (unpaired) electrons. The third-order valence-electron chi connectivity index (χ3n) is 3.43. The van der Waals surface area contributed by atoms with Crippen molar-refractivity contribution in [3.05, 3.63) is 70.0 Å². The average molecular weight is 342 g/mol. The van der Waals surface area contributed by atoms with Crippen LogP contribution < -0.4 is 5.32 Å². The second-order valence-corrected chi connectivity index (χ2v) is 5.25. The summed E-state index contributed by atoms with van der Waals surface area (Å²) in [5.41, 5.74) is 0.944. The largest absolute Gasteiger partial charge is 0.389 e. The third kappa shape index (κ3) is 3.86. The molecule has 1 aromatic carbocycles. The second kappa shape index (κ2) is 6.91. The highest BCUT2D eigenvalue weighted by Gasteiger charge is 2.19. The van der Waals surface area contributed by atoms with Crippen molar-refractivity contribution in [3.63, 3.8) is 0 Å². The number of rotatable bonds is 6. The average Bonchev–Trinajstić information content (AvgIpc) is 3.26. The molecule has 0 aliphatic heterocycles. The van der Waals surface area contributed by atoms with Crippen molar-refractivity contribution in [3.8, 4) is 0 Å². The van der Waals surface area contributed by atoms with Crippen molar-refractivity contribution in [2.45, 2.75) is 19.5 Å². The van der Waals surface area contributed by atoms with Crippen molar-refractivity contribution >= 4 is 11.7 Å². The minimum atomic E-state index is -0.601. The summed E-state index contributed by atoms with van der Waals surface area (Å²) in [6.07, 6.45) is 1.42. The number of aromatic nitrogens is 4. The van der Waals surface area contributed by atoms with Crippen molar-refractivity contribution in [1.29, 1.82) is 0 Å². The molecule has 0 unspecified atom stereocenters. The van der Waals surface area contributed by atoms with Gasteiger partial charge in [-0.1, -0.05) is 35.5 Å². The van der Waals surface area contributed by atoms with Gasteiger partial charge in [0.25, 0.3) is 0 Å². The van der Waals surface area contributed by atoms with Gasteiger partial charge < -0.3 is 20.0 Å². The van der Waals surface area contributed by atoms with Crippen LogP contribution in [0.2, 0.25) is 0 Å². The first-order valence-electron chi connectivity index (χ1n) is 7.39. The highest BCUT2D eigenvalue weighted by atomic mass is 16.6. The summed E-state index contributed by atoms with van der Waals surface area (Å²) in [5.74, 6) is -0.769. The first-order chi connectivity index (χ1) is 12.0. The summed E-state index contributed by atoms with van der Waals surface area (Å²) in [5, 5.41) is 20.8. The number of nitrogens with zero attached hydrogens (tertiary/aromatic N) is 5. The number of amides is 1. The Balaban J connectivity index is 1.64. The molecule has 2 heterocycles. The van der Waals surface area contributed by atoms with Gasteiger partial charge in [-0.15, -0.1) is 0 Å². The fraction of sp³-hybridized carbons (Fsp3) is 0.200. The quantitative estimate of drug-likeness (QED) is 0.533. The van der Waals surface area contributed by atoms with Crippen LogP contribution in [0, 0.1) is 10.1 Å². The van der Waals surface area contributed by atoms with E-state index in [9.17, 15) is 14.9 Å². The number of nitrogens with one attached hydrogen (secondary N) is 1. The van der Waals surface area contributed by atoms with E-state index in [1.54, 1.807) is 0 Å². The summed E-state index contributed by atoms with van der Waals surface area (Å²) in [6, 6.07) is 10.5. The fourth-order valence-corrected chi connectivity index (χ4v) is 2.18. The zero-order valence-corrected chi connectivity index (χ0v) is 13.2. The Labute approximate surface area is 141 Å². The first kappa shape index (κ1) is 16.3. The van der Waals surface area contributed by atoms with Gasteiger partial charge in [0.2, 0.25) is 0 Å². The fourth-order valence-electron chi connectivity index (χ4n) is 2.18. The molecule has 1 atom stereocenters. The van der Waals surface area contributed by atoms with Crippen LogP contribution in [0.25, 0.3) is 0 Å². The summed E-state index contributed by atoms with van der Waals surface area (Å²) in [7, 11) is 0. The van der Waals surface area contributed by atoms with E-state index in [2.05, 4.69) is 20.6 Å². The Bertz CT molecular complexity index is 888. The van der Waals surface area contributed by atoms with Gasteiger partial charge in [-0.2, -0.15) is 9.67 Å². The molecule has 10 heteroatoms. The van der Waals surface area contributed by atoms with Crippen LogP contribution in [0.5, 0.6) is 0 Å². The Morgan fingerprint density at radius 3 is 2.80 bits per heavy atom. The molecule has 0 spiro atoms. The van der Waals surface area contributed by atoms with Crippen LogP contribution in [0.15, 0.2) is 47.1 Å². The summed E-state index contributed by atoms with van der Waals surface area (Å²) in [4.78, 5) is 26.2. The standard InChI is InChI=1S/C15H14N6O4/c1-10(11-5-3-2-4-6-11)16-14(22)15-17-12(19-25-15)9-20-8-7-13(18-20)21(23)24/h2-8,10H,9H2,1H3,(H,16,22)/t10-/m0/s1. The van der Waals surface area contributed by atoms with Crippen molar-refractivity contribution < 1.29 is 14.2 Å². The van der Waals surface area contributed by atoms with Crippen LogP contribution in [0.3, 0.4) is 0 Å². The maximum Gasteiger partial charge on any atom is 0.389 e. The molecule has 1 N–H and O–H groups in total. The molecule has 3 rings (SSSR count). The predicted molar refractivity (Wildman–Crippen MR) is 84.6 cm³/mol. The highest BCUT2D eigenvalue weighted by molar-refractivity contribution is 5.89. The third-order valence-corrected chi connectivity index (χ3v) is 3.43. The van der Waals surface area contributed by atoms with E-state index in [0.717, 1.165) is 5.56 Å². The van der Waals surface area contributed by atoms with Gasteiger partial charge in [0.05, 0.1) is 23.4 Å². The van der Waals surface area contributed by atoms with Crippen molar-refractivity contribution in [2.75, 3.05) is 0 Å². The monoisotopic (exact) mass is 342 g/mol. The van der Waals surface area contributed by atoms with Gasteiger partial charge in [0.15, 0.2) is 5.82 Å². The maximum atomic E-state index is 12.2. The van der Waals surface area contributed by atoms with E-state index in [4.69, 9.17) is 4.52 Å². The molecule has 0 fully saturated rings. The molecule has 1 amide bonds. The SMILES string of the molecule is C[C@H](NC(=O)c1nc(Cn2ccc([N+](=O)[O-])n2)no1)c1ccccc1. The maximum absolute atomic E-state index is 12.2. The Morgan fingerprint density at radius 1 is 1.36 bits per heavy atom. The topological polar surface area (TPSA) is 129 Å².